The summed E-state index contributed by atoms with van der Waals surface area (Å²) in [6, 6.07) is 1.61. The van der Waals surface area contributed by atoms with E-state index in [2.05, 4.69) is 12.1 Å². The number of fused-ring (bicyclic) bond motifs is 1. The number of ether oxygens (including phenoxy) is 2. The molecule has 0 heterocycles. The molecule has 23 heavy (non-hydrogen) atoms. The van der Waals surface area contributed by atoms with E-state index in [-0.39, 0.29) is 28.4 Å². The summed E-state index contributed by atoms with van der Waals surface area (Å²) < 4.78 is 10.6. The minimum atomic E-state index is -0.308. The van der Waals surface area contributed by atoms with Gasteiger partial charge in [-0.25, -0.2) is 0 Å². The zero-order valence-electron chi connectivity index (χ0n) is 13.4. The first kappa shape index (κ1) is 16.7. The number of nitrogens with zero attached hydrogens (tertiary/aromatic N) is 1. The molecule has 0 amide bonds. The van der Waals surface area contributed by atoms with Crippen LogP contribution in [-0.4, -0.2) is 38.6 Å². The molecule has 0 aromatic heterocycles. The number of carbonyl (C=O) groups excluding carboxylic acids is 2. The molecule has 0 N–H and O–H groups in total. The first-order valence-electron chi connectivity index (χ1n) is 7.35. The molecule has 1 aliphatic carbocycles. The molecule has 0 radical (unpaired) electrons. The third-order valence-electron chi connectivity index (χ3n) is 3.43. The number of methoxy groups -OCH3 is 2. The molecule has 1 aromatic carbocycles. The van der Waals surface area contributed by atoms with Gasteiger partial charge in [-0.3, -0.25) is 9.59 Å². The molecule has 0 saturated carbocycles. The summed E-state index contributed by atoms with van der Waals surface area (Å²) in [5.74, 6) is -0.0146. The highest BCUT2D eigenvalue weighted by molar-refractivity contribution is 6.25. The van der Waals surface area contributed by atoms with Crippen molar-refractivity contribution in [2.75, 3.05) is 20.8 Å². The number of rotatable bonds is 7. The number of allylic oxidation sites excluding steroid dienone is 2. The second-order valence-corrected chi connectivity index (χ2v) is 4.93. The van der Waals surface area contributed by atoms with Gasteiger partial charge in [0.15, 0.2) is 11.6 Å². The molecule has 0 fully saturated rings. The van der Waals surface area contributed by atoms with Crippen LogP contribution in [0.2, 0.25) is 0 Å². The molecule has 1 aliphatic rings. The second-order valence-electron chi connectivity index (χ2n) is 4.93. The highest BCUT2D eigenvalue weighted by Crippen LogP contribution is 2.36. The molecule has 6 nitrogen and oxygen atoms in total. The van der Waals surface area contributed by atoms with Crippen molar-refractivity contribution in [1.29, 1.82) is 0 Å². The number of hydrogen-bond donors (Lipinski definition) is 0. The van der Waals surface area contributed by atoms with E-state index in [1.54, 1.807) is 6.07 Å². The normalized spacial score (nSPS) is 13.3. The predicted octanol–water partition coefficient (Wildman–Crippen LogP) is 2.79. The average Bonchev–Trinajstić information content (AvgIpc) is 2.56. The van der Waals surface area contributed by atoms with Crippen molar-refractivity contribution in [2.45, 2.75) is 19.8 Å². The third-order valence-corrected chi connectivity index (χ3v) is 3.43. The highest BCUT2D eigenvalue weighted by Gasteiger charge is 2.29. The molecule has 0 aliphatic heterocycles. The molecule has 0 bridgehead atoms. The van der Waals surface area contributed by atoms with E-state index in [9.17, 15) is 9.59 Å². The lowest BCUT2D eigenvalue weighted by Crippen LogP contribution is -2.16. The summed E-state index contributed by atoms with van der Waals surface area (Å²) in [7, 11) is 2.88. The second kappa shape index (κ2) is 7.58. The zero-order valence-corrected chi connectivity index (χ0v) is 13.4. The number of oxime groups is 1. The molecule has 2 rings (SSSR count). The van der Waals surface area contributed by atoms with Gasteiger partial charge in [-0.15, -0.1) is 0 Å². The van der Waals surface area contributed by atoms with Crippen molar-refractivity contribution < 1.29 is 23.9 Å². The molecule has 0 spiro atoms. The van der Waals surface area contributed by atoms with Crippen molar-refractivity contribution in [3.63, 3.8) is 0 Å². The number of unbranched alkanes of at least 4 members (excludes halogenated alkanes) is 1. The van der Waals surface area contributed by atoms with Crippen LogP contribution in [0.3, 0.4) is 0 Å². The monoisotopic (exact) mass is 317 g/mol. The van der Waals surface area contributed by atoms with E-state index < -0.39 is 0 Å². The van der Waals surface area contributed by atoms with Crippen molar-refractivity contribution in [3.8, 4) is 11.5 Å². The molecule has 0 unspecified atom stereocenters. The number of hydrogen-bond acceptors (Lipinski definition) is 6. The molecule has 1 aromatic rings. The quantitative estimate of drug-likeness (QED) is 0.439. The van der Waals surface area contributed by atoms with Gasteiger partial charge in [0, 0.05) is 5.56 Å². The van der Waals surface area contributed by atoms with Crippen molar-refractivity contribution >= 4 is 17.8 Å². The van der Waals surface area contributed by atoms with Gasteiger partial charge in [-0.1, -0.05) is 18.5 Å². The van der Waals surface area contributed by atoms with E-state index in [4.69, 9.17) is 14.3 Å². The standard InChI is InChI=1S/C17H19NO5/c1-4-5-8-23-18-10-11-9-14(21-2)15-12(19)6-7-13(20)16(15)17(11)22-3/h6-7,9-10H,4-5,8H2,1-3H3. The Morgan fingerprint density at radius 3 is 2.39 bits per heavy atom. The number of carbonyl (C=O) groups is 2. The lowest BCUT2D eigenvalue weighted by molar-refractivity contribution is 0.0989. The summed E-state index contributed by atoms with van der Waals surface area (Å²) >= 11 is 0. The highest BCUT2D eigenvalue weighted by atomic mass is 16.6. The van der Waals surface area contributed by atoms with E-state index in [1.807, 2.05) is 0 Å². The minimum Gasteiger partial charge on any atom is -0.496 e. The Kier molecular flexibility index (Phi) is 5.51. The van der Waals surface area contributed by atoms with Gasteiger partial charge in [0.05, 0.1) is 31.6 Å². The minimum absolute atomic E-state index is 0.189. The number of benzene rings is 1. The first-order chi connectivity index (χ1) is 11.1. The summed E-state index contributed by atoms with van der Waals surface area (Å²) in [6.07, 6.45) is 5.82. The van der Waals surface area contributed by atoms with Gasteiger partial charge >= 0.3 is 0 Å². The van der Waals surface area contributed by atoms with Gasteiger partial charge in [0.1, 0.15) is 18.1 Å². The van der Waals surface area contributed by atoms with Crippen LogP contribution in [-0.2, 0) is 4.84 Å². The van der Waals surface area contributed by atoms with E-state index in [0.29, 0.717) is 17.9 Å². The van der Waals surface area contributed by atoms with E-state index in [0.717, 1.165) is 12.8 Å². The first-order valence-corrected chi connectivity index (χ1v) is 7.35. The summed E-state index contributed by atoms with van der Waals surface area (Å²) in [5, 5.41) is 3.88. The van der Waals surface area contributed by atoms with Crippen LogP contribution >= 0.6 is 0 Å². The Balaban J connectivity index is 2.47. The van der Waals surface area contributed by atoms with Gasteiger partial charge in [0.2, 0.25) is 0 Å². The fourth-order valence-corrected chi connectivity index (χ4v) is 2.29. The van der Waals surface area contributed by atoms with Crippen molar-refractivity contribution in [2.24, 2.45) is 5.16 Å². The predicted molar refractivity (Wildman–Crippen MR) is 85.8 cm³/mol. The molecule has 0 atom stereocenters. The van der Waals surface area contributed by atoms with Crippen LogP contribution in [0.4, 0.5) is 0 Å². The Bertz CT molecular complexity index is 676. The molecule has 122 valence electrons. The summed E-state index contributed by atoms with van der Waals surface area (Å²) in [5.41, 5.74) is 0.909. The van der Waals surface area contributed by atoms with Crippen LogP contribution in [0.15, 0.2) is 23.4 Å². The molecular formula is C17H19NO5. The van der Waals surface area contributed by atoms with Crippen LogP contribution in [0.5, 0.6) is 11.5 Å². The molecular weight excluding hydrogens is 298 g/mol. The maximum Gasteiger partial charge on any atom is 0.190 e. The van der Waals surface area contributed by atoms with Gasteiger partial charge in [-0.2, -0.15) is 0 Å². The maximum atomic E-state index is 12.2. The maximum absolute atomic E-state index is 12.2. The molecule has 0 saturated heterocycles. The lowest BCUT2D eigenvalue weighted by atomic mass is 9.91. The van der Waals surface area contributed by atoms with Gasteiger partial charge < -0.3 is 14.3 Å². The Hall–Kier alpha value is -2.63. The van der Waals surface area contributed by atoms with Gasteiger partial charge in [-0.05, 0) is 24.6 Å². The van der Waals surface area contributed by atoms with Crippen molar-refractivity contribution in [1.82, 2.24) is 0 Å². The van der Waals surface area contributed by atoms with E-state index in [1.165, 1.54) is 32.6 Å². The van der Waals surface area contributed by atoms with Crippen molar-refractivity contribution in [3.05, 3.63) is 34.9 Å². The van der Waals surface area contributed by atoms with Crippen LogP contribution < -0.4 is 9.47 Å². The Morgan fingerprint density at radius 1 is 1.09 bits per heavy atom. The topological polar surface area (TPSA) is 74.2 Å². The average molecular weight is 317 g/mol. The zero-order chi connectivity index (χ0) is 16.8. The third kappa shape index (κ3) is 3.41. The number of ketones is 2. The Morgan fingerprint density at radius 2 is 1.78 bits per heavy atom. The fourth-order valence-electron chi connectivity index (χ4n) is 2.29. The van der Waals surface area contributed by atoms with Crippen LogP contribution in [0, 0.1) is 0 Å². The summed E-state index contributed by atoms with van der Waals surface area (Å²) in [4.78, 5) is 29.4. The lowest BCUT2D eigenvalue weighted by Gasteiger charge is -2.18. The Labute approximate surface area is 134 Å². The van der Waals surface area contributed by atoms with Crippen LogP contribution in [0.1, 0.15) is 46.0 Å². The van der Waals surface area contributed by atoms with Gasteiger partial charge in [0.25, 0.3) is 0 Å². The summed E-state index contributed by atoms with van der Waals surface area (Å²) in [6.45, 7) is 2.57. The van der Waals surface area contributed by atoms with E-state index >= 15 is 0 Å². The smallest absolute Gasteiger partial charge is 0.190 e. The molecule has 6 heteroatoms. The fraction of sp³-hybridized carbons (Fsp3) is 0.353. The largest absolute Gasteiger partial charge is 0.496 e. The SMILES string of the molecule is CCCCON=Cc1cc(OC)c2c(c1OC)C(=O)C=CC2=O. The van der Waals surface area contributed by atoms with Crippen LogP contribution in [0.25, 0.3) is 0 Å².